The number of ether oxygens (including phenoxy) is 4. The van der Waals surface area contributed by atoms with Crippen molar-refractivity contribution in [1.82, 2.24) is 14.8 Å². The highest BCUT2D eigenvalue weighted by Gasteiger charge is 2.80. The van der Waals surface area contributed by atoms with Gasteiger partial charge in [-0.2, -0.15) is 0 Å². The Bertz CT molecular complexity index is 2170. The minimum absolute atomic E-state index is 0.0880. The number of nitrogens with one attached hydrogen (secondary N) is 1. The molecule has 0 amide bonds. The molecule has 12 heteroatoms. The first-order valence-electron chi connectivity index (χ1n) is 20.7. The number of fused-ring (bicyclic) bond motifs is 6. The minimum Gasteiger partial charge on any atom is -0.494 e. The largest absolute Gasteiger partial charge is 0.494 e. The smallest absolute Gasteiger partial charge is 0.344 e. The number of aliphatic hydroxyl groups is 1. The zero-order valence-electron chi connectivity index (χ0n) is 34.2. The molecule has 12 nitrogen and oxygen atoms in total. The average Bonchev–Trinajstić information content (AvgIpc) is 3.86. The SMILES string of the molecule is CC[C@@H]1C[C@@H]2C[N@](Cc3c([nH]c4ccccc34)[C@H](C(=O)OC)C2c2ccc3c(c2OC)N(C)C2[C@]34CCN3CC=C[C@@](CC)([C@@H](OC(C)=O)[C@]2(O)C(=O)OC)[C@H]34)C1. The first-order chi connectivity index (χ1) is 27.4. The van der Waals surface area contributed by atoms with Crippen molar-refractivity contribution in [3.63, 3.8) is 0 Å². The van der Waals surface area contributed by atoms with Crippen LogP contribution in [0.2, 0.25) is 0 Å². The van der Waals surface area contributed by atoms with Crippen LogP contribution in [0.25, 0.3) is 10.9 Å². The van der Waals surface area contributed by atoms with Gasteiger partial charge >= 0.3 is 17.9 Å². The number of hydrogen-bond acceptors (Lipinski definition) is 11. The van der Waals surface area contributed by atoms with Gasteiger partial charge in [0.25, 0.3) is 0 Å². The Morgan fingerprint density at radius 3 is 2.51 bits per heavy atom. The van der Waals surface area contributed by atoms with Crippen LogP contribution in [-0.4, -0.2) is 116 Å². The number of hydrogen-bond donors (Lipinski definition) is 2. The van der Waals surface area contributed by atoms with Gasteiger partial charge in [-0.3, -0.25) is 19.4 Å². The van der Waals surface area contributed by atoms with E-state index in [2.05, 4.69) is 58.1 Å². The van der Waals surface area contributed by atoms with Crippen molar-refractivity contribution in [1.29, 1.82) is 0 Å². The van der Waals surface area contributed by atoms with Gasteiger partial charge in [0, 0.05) is 85.1 Å². The maximum atomic E-state index is 14.5. The summed E-state index contributed by atoms with van der Waals surface area (Å²) in [6, 6.07) is 11.5. The summed E-state index contributed by atoms with van der Waals surface area (Å²) in [5, 5.41) is 14.4. The lowest BCUT2D eigenvalue weighted by Gasteiger charge is -2.63. The summed E-state index contributed by atoms with van der Waals surface area (Å²) in [5.74, 6) is -1.57. The van der Waals surface area contributed by atoms with Crippen LogP contribution in [0.1, 0.15) is 80.7 Å². The number of aromatic amines is 1. The first kappa shape index (κ1) is 38.1. The molecule has 9 rings (SSSR count). The number of esters is 3. The van der Waals surface area contributed by atoms with Gasteiger partial charge in [-0.25, -0.2) is 4.79 Å². The molecular formula is C45H56N4O8. The third-order valence-electron chi connectivity index (χ3n) is 15.2. The number of methoxy groups -OCH3 is 3. The van der Waals surface area contributed by atoms with Crippen molar-refractivity contribution in [3.05, 3.63) is 70.9 Å². The molecule has 3 aromatic rings. The molecule has 2 aromatic carbocycles. The molecule has 11 atom stereocenters. The van der Waals surface area contributed by atoms with Crippen molar-refractivity contribution in [2.75, 3.05) is 59.5 Å². The van der Waals surface area contributed by atoms with E-state index in [0.29, 0.717) is 31.1 Å². The Morgan fingerprint density at radius 1 is 1.02 bits per heavy atom. The Hall–Kier alpha value is -4.39. The molecular weight excluding hydrogens is 725 g/mol. The highest BCUT2D eigenvalue weighted by molar-refractivity contribution is 5.90. The van der Waals surface area contributed by atoms with Crippen molar-refractivity contribution >= 4 is 34.5 Å². The second-order valence-corrected chi connectivity index (χ2v) is 17.5. The van der Waals surface area contributed by atoms with Crippen molar-refractivity contribution < 1.29 is 38.4 Å². The highest BCUT2D eigenvalue weighted by atomic mass is 16.6. The quantitative estimate of drug-likeness (QED) is 0.190. The summed E-state index contributed by atoms with van der Waals surface area (Å²) in [5.41, 5.74) is 1.68. The third-order valence-corrected chi connectivity index (χ3v) is 15.2. The van der Waals surface area contributed by atoms with Crippen LogP contribution >= 0.6 is 0 Å². The maximum absolute atomic E-state index is 14.5. The van der Waals surface area contributed by atoms with Crippen LogP contribution < -0.4 is 9.64 Å². The number of anilines is 1. The fourth-order valence-electron chi connectivity index (χ4n) is 13.3. The summed E-state index contributed by atoms with van der Waals surface area (Å²) in [6.07, 6.45) is 6.06. The molecule has 2 saturated heterocycles. The number of piperidine rings is 1. The second kappa shape index (κ2) is 13.6. The summed E-state index contributed by atoms with van der Waals surface area (Å²) >= 11 is 0. The highest BCUT2D eigenvalue weighted by Crippen LogP contribution is 2.69. The van der Waals surface area contributed by atoms with E-state index in [0.717, 1.165) is 78.0 Å². The number of carbonyl (C=O) groups is 3. The normalized spacial score (nSPS) is 36.3. The van der Waals surface area contributed by atoms with E-state index >= 15 is 0 Å². The number of carbonyl (C=O) groups excluding carboxylic acids is 3. The van der Waals surface area contributed by atoms with E-state index < -0.39 is 46.4 Å². The molecule has 6 heterocycles. The van der Waals surface area contributed by atoms with E-state index in [9.17, 15) is 19.5 Å². The average molecular weight is 781 g/mol. The van der Waals surface area contributed by atoms with Crippen molar-refractivity contribution in [3.8, 4) is 5.75 Å². The molecule has 2 bridgehead atoms. The van der Waals surface area contributed by atoms with Crippen molar-refractivity contribution in [2.24, 2.45) is 17.3 Å². The fourth-order valence-corrected chi connectivity index (χ4v) is 13.3. The van der Waals surface area contributed by atoms with Crippen LogP contribution in [0.15, 0.2) is 48.6 Å². The van der Waals surface area contributed by atoms with Gasteiger partial charge in [-0.05, 0) is 54.8 Å². The molecule has 2 N–H and O–H groups in total. The topological polar surface area (TPSA) is 134 Å². The Kier molecular flexibility index (Phi) is 9.10. The lowest BCUT2D eigenvalue weighted by atomic mass is 9.47. The van der Waals surface area contributed by atoms with Gasteiger partial charge in [-0.15, -0.1) is 0 Å². The first-order valence-corrected chi connectivity index (χ1v) is 20.7. The summed E-state index contributed by atoms with van der Waals surface area (Å²) in [6.45, 7) is 9.57. The van der Waals surface area contributed by atoms with E-state index in [1.165, 1.54) is 21.1 Å². The van der Waals surface area contributed by atoms with Gasteiger partial charge in [0.15, 0.2) is 6.10 Å². The number of para-hydroxylation sites is 1. The molecule has 57 heavy (non-hydrogen) atoms. The molecule has 1 aliphatic carbocycles. The molecule has 5 aliphatic heterocycles. The number of benzene rings is 2. The number of rotatable bonds is 7. The van der Waals surface area contributed by atoms with Crippen LogP contribution in [0.5, 0.6) is 5.75 Å². The van der Waals surface area contributed by atoms with E-state index in [-0.39, 0.29) is 23.8 Å². The Morgan fingerprint density at radius 2 is 1.81 bits per heavy atom. The number of likely N-dealkylation sites (N-methyl/N-ethyl adjacent to an activating group) is 1. The van der Waals surface area contributed by atoms with E-state index in [4.69, 9.17) is 18.9 Å². The van der Waals surface area contributed by atoms with Gasteiger partial charge in [-0.1, -0.05) is 62.8 Å². The van der Waals surface area contributed by atoms with Gasteiger partial charge in [0.2, 0.25) is 5.60 Å². The summed E-state index contributed by atoms with van der Waals surface area (Å²) in [4.78, 5) is 52.5. The molecule has 0 radical (unpaired) electrons. The predicted molar refractivity (Wildman–Crippen MR) is 214 cm³/mol. The molecule has 1 spiro atoms. The van der Waals surface area contributed by atoms with Crippen LogP contribution in [0.3, 0.4) is 0 Å². The molecule has 304 valence electrons. The fraction of sp³-hybridized carbons (Fsp3) is 0.578. The molecule has 2 unspecified atom stereocenters. The number of aromatic nitrogens is 1. The molecule has 1 saturated carbocycles. The Labute approximate surface area is 334 Å². The third kappa shape index (κ3) is 4.99. The van der Waals surface area contributed by atoms with E-state index in [1.54, 1.807) is 7.11 Å². The number of H-pyrrole nitrogens is 1. The molecule has 3 fully saturated rings. The van der Waals surface area contributed by atoms with E-state index in [1.807, 2.05) is 31.0 Å². The zero-order valence-corrected chi connectivity index (χ0v) is 34.2. The van der Waals surface area contributed by atoms with Gasteiger partial charge < -0.3 is 33.9 Å². The van der Waals surface area contributed by atoms with Crippen molar-refractivity contribution in [2.45, 2.75) is 94.0 Å². The zero-order chi connectivity index (χ0) is 40.2. The monoisotopic (exact) mass is 780 g/mol. The molecule has 6 aliphatic rings. The lowest BCUT2D eigenvalue weighted by molar-refractivity contribution is -0.228. The maximum Gasteiger partial charge on any atom is 0.344 e. The standard InChI is InChI=1S/C45H56N4O8/c1-8-26-21-27-23-48(22-26)24-30-28-13-10-11-14-32(28)46-35(30)34(38(51)55-6)33(27)29-15-16-31-36(37(29)54-5)47(4)40-44(31)18-20-49-19-12-17-43(9-2,39(44)49)41(57-25(3)50)45(40,53)42(52)56-7/h10-17,26-27,33-34,39-41,46,53H,8-9,18-24H2,1-7H3/t26-,27-,33?,34-,39+,40?,41-,43-,44-,45+/m1/s1. The van der Waals surface area contributed by atoms with Crippen LogP contribution in [0, 0.1) is 17.3 Å². The summed E-state index contributed by atoms with van der Waals surface area (Å²) < 4.78 is 24.0. The Balaban J connectivity index is 1.31. The minimum atomic E-state index is -2.25. The van der Waals surface area contributed by atoms with Crippen LogP contribution in [0.4, 0.5) is 5.69 Å². The van der Waals surface area contributed by atoms with Crippen LogP contribution in [-0.2, 0) is 40.6 Å². The molecule has 1 aromatic heterocycles. The van der Waals surface area contributed by atoms with Gasteiger partial charge in [0.05, 0.1) is 33.1 Å². The number of nitrogens with zero attached hydrogens (tertiary/aromatic N) is 3. The second-order valence-electron chi connectivity index (χ2n) is 17.5. The predicted octanol–water partition coefficient (Wildman–Crippen LogP) is 5.02. The lowest BCUT2D eigenvalue weighted by Crippen LogP contribution is -2.81. The van der Waals surface area contributed by atoms with Gasteiger partial charge in [0.1, 0.15) is 11.7 Å². The summed E-state index contributed by atoms with van der Waals surface area (Å²) in [7, 11) is 6.33.